The molecule has 2 N–H and O–H groups in total. The van der Waals surface area contributed by atoms with Crippen molar-refractivity contribution in [3.05, 3.63) is 39.3 Å². The Bertz CT molecular complexity index is 648. The molecule has 1 unspecified atom stereocenters. The summed E-state index contributed by atoms with van der Waals surface area (Å²) in [6, 6.07) is 4.55. The van der Waals surface area contributed by atoms with Gasteiger partial charge in [0.1, 0.15) is 0 Å². The summed E-state index contributed by atoms with van der Waals surface area (Å²) in [6.07, 6.45) is 1.96. The number of aromatic nitrogens is 2. The van der Waals surface area contributed by atoms with E-state index in [2.05, 4.69) is 59.0 Å². The molecule has 0 radical (unpaired) electrons. The molecule has 1 atom stereocenters. The van der Waals surface area contributed by atoms with E-state index in [-0.39, 0.29) is 24.0 Å². The molecule has 0 bridgehead atoms. The van der Waals surface area contributed by atoms with Crippen molar-refractivity contribution in [2.45, 2.75) is 39.7 Å². The van der Waals surface area contributed by atoms with Crippen LogP contribution in [0.25, 0.3) is 0 Å². The lowest BCUT2D eigenvalue weighted by molar-refractivity contribution is 0.635. The molecule has 7 heteroatoms. The van der Waals surface area contributed by atoms with E-state index in [0.29, 0.717) is 6.04 Å². The summed E-state index contributed by atoms with van der Waals surface area (Å²) in [5.41, 5.74) is 3.66. The van der Waals surface area contributed by atoms with Gasteiger partial charge in [0.2, 0.25) is 0 Å². The molecule has 2 aromatic rings. The molecule has 0 saturated carbocycles. The van der Waals surface area contributed by atoms with Crippen LogP contribution >= 0.6 is 35.3 Å². The van der Waals surface area contributed by atoms with Crippen LogP contribution in [-0.4, -0.2) is 35.4 Å². The fraction of sp³-hybridized carbons (Fsp3) is 0.529. The van der Waals surface area contributed by atoms with Crippen molar-refractivity contribution in [1.29, 1.82) is 0 Å². The molecular formula is C17H28IN5S. The van der Waals surface area contributed by atoms with Crippen LogP contribution in [0.3, 0.4) is 0 Å². The highest BCUT2D eigenvalue weighted by atomic mass is 127. The number of hydrogen-bond donors (Lipinski definition) is 2. The molecule has 0 aliphatic carbocycles. The Morgan fingerprint density at radius 3 is 2.71 bits per heavy atom. The van der Waals surface area contributed by atoms with Crippen molar-refractivity contribution >= 4 is 41.3 Å². The minimum absolute atomic E-state index is 0. The summed E-state index contributed by atoms with van der Waals surface area (Å²) in [7, 11) is 3.81. The van der Waals surface area contributed by atoms with Gasteiger partial charge in [0.15, 0.2) is 5.96 Å². The van der Waals surface area contributed by atoms with Gasteiger partial charge < -0.3 is 10.6 Å². The molecule has 2 heterocycles. The maximum Gasteiger partial charge on any atom is 0.191 e. The molecule has 5 nitrogen and oxygen atoms in total. The molecule has 0 fully saturated rings. The lowest BCUT2D eigenvalue weighted by Crippen LogP contribution is -2.43. The topological polar surface area (TPSA) is 54.2 Å². The Balaban J connectivity index is 0.00000288. The minimum atomic E-state index is 0. The first-order chi connectivity index (χ1) is 11.0. The van der Waals surface area contributed by atoms with E-state index in [1.54, 1.807) is 11.3 Å². The SMILES string of the molecule is CN=C(NCCc1cccs1)NC(C)Cc1c(C)nn(C)c1C.I. The van der Waals surface area contributed by atoms with Gasteiger partial charge in [-0.05, 0) is 50.6 Å². The number of aliphatic imine (C=N–C) groups is 1. The lowest BCUT2D eigenvalue weighted by Gasteiger charge is -2.18. The van der Waals surface area contributed by atoms with Crippen molar-refractivity contribution in [1.82, 2.24) is 20.4 Å². The van der Waals surface area contributed by atoms with Crippen LogP contribution in [0.5, 0.6) is 0 Å². The molecular weight excluding hydrogens is 433 g/mol. The van der Waals surface area contributed by atoms with Crippen LogP contribution in [0, 0.1) is 13.8 Å². The average Bonchev–Trinajstić information content (AvgIpc) is 3.11. The Morgan fingerprint density at radius 1 is 1.42 bits per heavy atom. The van der Waals surface area contributed by atoms with Gasteiger partial charge in [0.05, 0.1) is 5.69 Å². The molecule has 134 valence electrons. The van der Waals surface area contributed by atoms with Crippen LogP contribution in [0.4, 0.5) is 0 Å². The number of halogens is 1. The second-order valence-corrected chi connectivity index (χ2v) is 6.88. The number of nitrogens with one attached hydrogen (secondary N) is 2. The first kappa shape index (κ1) is 21.0. The predicted molar refractivity (Wildman–Crippen MR) is 114 cm³/mol. The highest BCUT2D eigenvalue weighted by molar-refractivity contribution is 14.0. The Hall–Kier alpha value is -1.09. The van der Waals surface area contributed by atoms with E-state index in [1.807, 2.05) is 18.8 Å². The van der Waals surface area contributed by atoms with Crippen LogP contribution in [0.1, 0.15) is 28.8 Å². The fourth-order valence-electron chi connectivity index (χ4n) is 2.66. The van der Waals surface area contributed by atoms with Crippen molar-refractivity contribution in [3.63, 3.8) is 0 Å². The third-order valence-corrected chi connectivity index (χ3v) is 4.96. The van der Waals surface area contributed by atoms with Gasteiger partial charge in [-0.2, -0.15) is 5.10 Å². The zero-order chi connectivity index (χ0) is 16.8. The molecule has 24 heavy (non-hydrogen) atoms. The van der Waals surface area contributed by atoms with Crippen molar-refractivity contribution < 1.29 is 0 Å². The van der Waals surface area contributed by atoms with E-state index in [9.17, 15) is 0 Å². The summed E-state index contributed by atoms with van der Waals surface area (Å²) >= 11 is 1.79. The third kappa shape index (κ3) is 5.77. The Morgan fingerprint density at radius 2 is 2.17 bits per heavy atom. The zero-order valence-electron chi connectivity index (χ0n) is 15.1. The molecule has 0 aliphatic rings. The summed E-state index contributed by atoms with van der Waals surface area (Å²) in [5, 5.41) is 13.4. The van der Waals surface area contributed by atoms with E-state index < -0.39 is 0 Å². The summed E-state index contributed by atoms with van der Waals surface area (Å²) in [5.74, 6) is 0.855. The molecule has 2 rings (SSSR count). The number of rotatable bonds is 6. The van der Waals surface area contributed by atoms with Gasteiger partial charge in [0, 0.05) is 37.3 Å². The first-order valence-electron chi connectivity index (χ1n) is 8.00. The van der Waals surface area contributed by atoms with Gasteiger partial charge >= 0.3 is 0 Å². The fourth-order valence-corrected chi connectivity index (χ4v) is 3.37. The number of hydrogen-bond acceptors (Lipinski definition) is 3. The van der Waals surface area contributed by atoms with Crippen LogP contribution in [0.15, 0.2) is 22.5 Å². The van der Waals surface area contributed by atoms with Gasteiger partial charge in [0.25, 0.3) is 0 Å². The smallest absolute Gasteiger partial charge is 0.191 e. The van der Waals surface area contributed by atoms with E-state index in [1.165, 1.54) is 16.1 Å². The molecule has 0 saturated heterocycles. The van der Waals surface area contributed by atoms with Crippen molar-refractivity contribution in [2.75, 3.05) is 13.6 Å². The van der Waals surface area contributed by atoms with E-state index in [0.717, 1.165) is 31.0 Å². The van der Waals surface area contributed by atoms with E-state index in [4.69, 9.17) is 0 Å². The average molecular weight is 461 g/mol. The quantitative estimate of drug-likeness (QED) is 0.395. The van der Waals surface area contributed by atoms with Crippen LogP contribution < -0.4 is 10.6 Å². The first-order valence-corrected chi connectivity index (χ1v) is 8.88. The van der Waals surface area contributed by atoms with Gasteiger partial charge in [-0.3, -0.25) is 9.67 Å². The molecule has 0 amide bonds. The largest absolute Gasteiger partial charge is 0.356 e. The standard InChI is InChI=1S/C17H27N5S.HI/c1-12(11-16-13(2)21-22(5)14(16)3)20-17(18-4)19-9-8-15-7-6-10-23-15;/h6-7,10,12H,8-9,11H2,1-5H3,(H2,18,19,20);1H. The number of guanidine groups is 1. The van der Waals surface area contributed by atoms with Gasteiger partial charge in [-0.1, -0.05) is 6.07 Å². The maximum absolute atomic E-state index is 4.49. The number of nitrogens with zero attached hydrogens (tertiary/aromatic N) is 3. The monoisotopic (exact) mass is 461 g/mol. The third-order valence-electron chi connectivity index (χ3n) is 4.02. The van der Waals surface area contributed by atoms with E-state index >= 15 is 0 Å². The number of thiophene rings is 1. The minimum Gasteiger partial charge on any atom is -0.356 e. The molecule has 0 aromatic carbocycles. The van der Waals surface area contributed by atoms with Crippen molar-refractivity contribution in [3.8, 4) is 0 Å². The second-order valence-electron chi connectivity index (χ2n) is 5.85. The lowest BCUT2D eigenvalue weighted by atomic mass is 10.1. The van der Waals surface area contributed by atoms with Crippen LogP contribution in [0.2, 0.25) is 0 Å². The summed E-state index contributed by atoms with van der Waals surface area (Å²) < 4.78 is 1.95. The predicted octanol–water partition coefficient (Wildman–Crippen LogP) is 3.06. The maximum atomic E-state index is 4.49. The zero-order valence-corrected chi connectivity index (χ0v) is 18.2. The normalized spacial score (nSPS) is 12.6. The molecule has 2 aromatic heterocycles. The molecule has 0 spiro atoms. The molecule has 0 aliphatic heterocycles. The van der Waals surface area contributed by atoms with Crippen molar-refractivity contribution in [2.24, 2.45) is 12.0 Å². The van der Waals surface area contributed by atoms with Gasteiger partial charge in [-0.25, -0.2) is 0 Å². The highest BCUT2D eigenvalue weighted by Crippen LogP contribution is 2.14. The Labute approximate surface area is 166 Å². The van der Waals surface area contributed by atoms with Gasteiger partial charge in [-0.15, -0.1) is 35.3 Å². The summed E-state index contributed by atoms with van der Waals surface area (Å²) in [6.45, 7) is 7.26. The Kier molecular flexibility index (Phi) is 8.75. The number of aryl methyl sites for hydroxylation is 2. The summed E-state index contributed by atoms with van der Waals surface area (Å²) in [4.78, 5) is 5.71. The highest BCUT2D eigenvalue weighted by Gasteiger charge is 2.13. The van der Waals surface area contributed by atoms with Crippen LogP contribution in [-0.2, 0) is 19.9 Å². The second kappa shape index (κ2) is 10.0.